The van der Waals surface area contributed by atoms with Gasteiger partial charge in [0.05, 0.1) is 5.41 Å². The lowest BCUT2D eigenvalue weighted by molar-refractivity contribution is -0.152. The first kappa shape index (κ1) is 13.9. The van der Waals surface area contributed by atoms with Crippen molar-refractivity contribution in [1.29, 1.82) is 0 Å². The van der Waals surface area contributed by atoms with Gasteiger partial charge < -0.3 is 5.11 Å². The third-order valence-electron chi connectivity index (χ3n) is 2.94. The van der Waals surface area contributed by atoms with Crippen molar-refractivity contribution in [3.8, 4) is 0 Å². The topological polar surface area (TPSA) is 54.4 Å². The zero-order chi connectivity index (χ0) is 13.6. The smallest absolute Gasteiger partial charge is 0.373 e. The summed E-state index contributed by atoms with van der Waals surface area (Å²) in [7, 11) is 0. The fourth-order valence-corrected chi connectivity index (χ4v) is 2.09. The van der Waals surface area contributed by atoms with Crippen LogP contribution in [-0.4, -0.2) is 16.9 Å². The van der Waals surface area contributed by atoms with Gasteiger partial charge in [-0.2, -0.15) is 0 Å². The summed E-state index contributed by atoms with van der Waals surface area (Å²) in [6.07, 6.45) is 3.68. The highest BCUT2D eigenvalue weighted by atomic mass is 16.4. The standard InChI is InChI=1S/C15H16O3/c1-3-10-15(11-4-2,13(16)14(17)18)12-8-6-5-7-9-12/h3-9H,1-2,10-11H2,(H,17,18). The van der Waals surface area contributed by atoms with Crippen molar-refractivity contribution in [3.05, 3.63) is 61.2 Å². The van der Waals surface area contributed by atoms with Crippen molar-refractivity contribution < 1.29 is 14.7 Å². The zero-order valence-corrected chi connectivity index (χ0v) is 10.1. The predicted molar refractivity (Wildman–Crippen MR) is 70.4 cm³/mol. The van der Waals surface area contributed by atoms with Crippen molar-refractivity contribution in [2.45, 2.75) is 18.3 Å². The largest absolute Gasteiger partial charge is 0.475 e. The Labute approximate surface area is 106 Å². The van der Waals surface area contributed by atoms with Gasteiger partial charge in [-0.05, 0) is 18.4 Å². The summed E-state index contributed by atoms with van der Waals surface area (Å²) in [4.78, 5) is 23.1. The molecule has 1 N–H and O–H groups in total. The Bertz CT molecular complexity index is 450. The van der Waals surface area contributed by atoms with Crippen molar-refractivity contribution in [2.75, 3.05) is 0 Å². The maximum atomic E-state index is 12.1. The highest BCUT2D eigenvalue weighted by Crippen LogP contribution is 2.34. The quantitative estimate of drug-likeness (QED) is 0.592. The van der Waals surface area contributed by atoms with E-state index in [1.165, 1.54) is 0 Å². The average molecular weight is 244 g/mol. The summed E-state index contributed by atoms with van der Waals surface area (Å²) in [5, 5.41) is 9.01. The van der Waals surface area contributed by atoms with Gasteiger partial charge in [-0.25, -0.2) is 4.79 Å². The van der Waals surface area contributed by atoms with Crippen molar-refractivity contribution in [2.24, 2.45) is 0 Å². The predicted octanol–water partition coefficient (Wildman–Crippen LogP) is 2.73. The lowest BCUT2D eigenvalue weighted by Gasteiger charge is -2.29. The molecule has 0 heterocycles. The third-order valence-corrected chi connectivity index (χ3v) is 2.94. The molecule has 0 fully saturated rings. The molecule has 1 rings (SSSR count). The highest BCUT2D eigenvalue weighted by Gasteiger charge is 2.41. The molecule has 1 aromatic rings. The number of carbonyl (C=O) groups is 2. The Hall–Kier alpha value is -2.16. The summed E-state index contributed by atoms with van der Waals surface area (Å²) in [6.45, 7) is 7.23. The van der Waals surface area contributed by atoms with Crippen molar-refractivity contribution in [1.82, 2.24) is 0 Å². The second-order valence-electron chi connectivity index (χ2n) is 4.07. The maximum absolute atomic E-state index is 12.1. The van der Waals surface area contributed by atoms with E-state index in [2.05, 4.69) is 13.2 Å². The van der Waals surface area contributed by atoms with E-state index in [-0.39, 0.29) is 12.8 Å². The van der Waals surface area contributed by atoms with Crippen LogP contribution in [0.5, 0.6) is 0 Å². The molecule has 0 atom stereocenters. The van der Waals surface area contributed by atoms with Crippen LogP contribution in [0.15, 0.2) is 55.6 Å². The van der Waals surface area contributed by atoms with Crippen molar-refractivity contribution in [3.63, 3.8) is 0 Å². The SMILES string of the molecule is C=CCC(CC=C)(C(=O)C(=O)O)c1ccccc1. The Morgan fingerprint density at radius 2 is 1.61 bits per heavy atom. The van der Waals surface area contributed by atoms with Crippen LogP contribution in [0.2, 0.25) is 0 Å². The molecule has 0 bridgehead atoms. The summed E-state index contributed by atoms with van der Waals surface area (Å²) < 4.78 is 0. The van der Waals surface area contributed by atoms with Crippen LogP contribution >= 0.6 is 0 Å². The van der Waals surface area contributed by atoms with Crippen LogP contribution in [0.25, 0.3) is 0 Å². The number of hydrogen-bond acceptors (Lipinski definition) is 2. The number of hydrogen-bond donors (Lipinski definition) is 1. The van der Waals surface area contributed by atoms with Gasteiger partial charge in [-0.3, -0.25) is 4.79 Å². The maximum Gasteiger partial charge on any atom is 0.373 e. The molecule has 1 aromatic carbocycles. The number of carboxylic acid groups (broad SMARTS) is 1. The molecular weight excluding hydrogens is 228 g/mol. The van der Waals surface area contributed by atoms with Gasteiger partial charge in [0.1, 0.15) is 0 Å². The molecule has 3 heteroatoms. The Balaban J connectivity index is 3.38. The molecule has 0 aliphatic rings. The molecule has 0 radical (unpaired) electrons. The fourth-order valence-electron chi connectivity index (χ4n) is 2.09. The second-order valence-corrected chi connectivity index (χ2v) is 4.07. The minimum Gasteiger partial charge on any atom is -0.475 e. The Kier molecular flexibility index (Phi) is 4.60. The van der Waals surface area contributed by atoms with Crippen LogP contribution in [0.3, 0.4) is 0 Å². The molecule has 94 valence electrons. The molecule has 0 aliphatic heterocycles. The van der Waals surface area contributed by atoms with E-state index in [4.69, 9.17) is 5.11 Å². The molecule has 0 unspecified atom stereocenters. The Morgan fingerprint density at radius 1 is 1.11 bits per heavy atom. The number of aliphatic carboxylic acids is 1. The van der Waals surface area contributed by atoms with E-state index in [0.29, 0.717) is 5.56 Å². The van der Waals surface area contributed by atoms with Gasteiger partial charge in [0, 0.05) is 0 Å². The average Bonchev–Trinajstić information content (AvgIpc) is 2.38. The van der Waals surface area contributed by atoms with Crippen LogP contribution in [0, 0.1) is 0 Å². The molecular formula is C15H16O3. The van der Waals surface area contributed by atoms with Gasteiger partial charge in [0.25, 0.3) is 5.78 Å². The van der Waals surface area contributed by atoms with Crippen molar-refractivity contribution >= 4 is 11.8 Å². The van der Waals surface area contributed by atoms with Gasteiger partial charge in [-0.15, -0.1) is 13.2 Å². The highest BCUT2D eigenvalue weighted by molar-refractivity contribution is 6.36. The van der Waals surface area contributed by atoms with Gasteiger partial charge in [0.2, 0.25) is 0 Å². The Morgan fingerprint density at radius 3 is 2.00 bits per heavy atom. The molecule has 0 aromatic heterocycles. The monoisotopic (exact) mass is 244 g/mol. The number of carboxylic acids is 1. The molecule has 0 saturated heterocycles. The minimum atomic E-state index is -1.43. The summed E-state index contributed by atoms with van der Waals surface area (Å²) in [5.74, 6) is -2.25. The minimum absolute atomic E-state index is 0.272. The van der Waals surface area contributed by atoms with Crippen LogP contribution in [0.4, 0.5) is 0 Å². The lowest BCUT2D eigenvalue weighted by atomic mass is 9.71. The van der Waals surface area contributed by atoms with E-state index >= 15 is 0 Å². The van der Waals surface area contributed by atoms with Gasteiger partial charge in [-0.1, -0.05) is 42.5 Å². The first-order valence-electron chi connectivity index (χ1n) is 5.63. The van der Waals surface area contributed by atoms with Gasteiger partial charge >= 0.3 is 5.97 Å². The van der Waals surface area contributed by atoms with E-state index < -0.39 is 17.2 Å². The second kappa shape index (κ2) is 5.96. The zero-order valence-electron chi connectivity index (χ0n) is 10.1. The van der Waals surface area contributed by atoms with Crippen LogP contribution in [-0.2, 0) is 15.0 Å². The van der Waals surface area contributed by atoms with E-state index in [9.17, 15) is 9.59 Å². The third kappa shape index (κ3) is 2.56. The normalized spacial score (nSPS) is 10.7. The number of rotatable bonds is 7. The summed E-state index contributed by atoms with van der Waals surface area (Å²) >= 11 is 0. The lowest BCUT2D eigenvalue weighted by Crippen LogP contribution is -2.40. The molecule has 0 amide bonds. The summed E-state index contributed by atoms with van der Waals surface area (Å²) in [5.41, 5.74) is -0.423. The molecule has 3 nitrogen and oxygen atoms in total. The molecule has 18 heavy (non-hydrogen) atoms. The number of carbonyl (C=O) groups excluding carboxylic acids is 1. The van der Waals surface area contributed by atoms with Gasteiger partial charge in [0.15, 0.2) is 0 Å². The molecule has 0 saturated carbocycles. The van der Waals surface area contributed by atoms with E-state index in [1.807, 2.05) is 6.07 Å². The van der Waals surface area contributed by atoms with Crippen LogP contribution < -0.4 is 0 Å². The first-order chi connectivity index (χ1) is 8.58. The van der Waals surface area contributed by atoms with E-state index in [1.54, 1.807) is 36.4 Å². The number of ketones is 1. The van der Waals surface area contributed by atoms with Crippen LogP contribution in [0.1, 0.15) is 18.4 Å². The summed E-state index contributed by atoms with van der Waals surface area (Å²) in [6, 6.07) is 8.90. The molecule has 0 aliphatic carbocycles. The number of Topliss-reactive ketones (excluding diaryl/α,β-unsaturated/α-hetero) is 1. The number of allylic oxidation sites excluding steroid dienone is 2. The fraction of sp³-hybridized carbons (Fsp3) is 0.200. The first-order valence-corrected chi connectivity index (χ1v) is 5.63. The number of benzene rings is 1. The van der Waals surface area contributed by atoms with E-state index in [0.717, 1.165) is 0 Å². The molecule has 0 spiro atoms.